The van der Waals surface area contributed by atoms with Crippen molar-refractivity contribution in [3.8, 4) is 0 Å². The Bertz CT molecular complexity index is 972. The van der Waals surface area contributed by atoms with E-state index in [1.807, 2.05) is 43.3 Å². The highest BCUT2D eigenvalue weighted by Gasteiger charge is 2.37. The first-order valence-electron chi connectivity index (χ1n) is 10.1. The number of carbonyl (C=O) groups is 2. The van der Waals surface area contributed by atoms with Gasteiger partial charge in [0.15, 0.2) is 0 Å². The van der Waals surface area contributed by atoms with Crippen LogP contribution in [0.15, 0.2) is 47.7 Å². The molecule has 7 heteroatoms. The molecule has 1 unspecified atom stereocenters. The van der Waals surface area contributed by atoms with Crippen molar-refractivity contribution < 1.29 is 9.59 Å². The Morgan fingerprint density at radius 3 is 2.66 bits per heavy atom. The normalized spacial score (nSPS) is 21.1. The van der Waals surface area contributed by atoms with Crippen molar-refractivity contribution in [2.24, 2.45) is 11.0 Å². The minimum Gasteiger partial charge on any atom is -0.314 e. The quantitative estimate of drug-likeness (QED) is 0.874. The number of carbonyl (C=O) groups excluding carboxylic acids is 2. The van der Waals surface area contributed by atoms with Crippen LogP contribution < -0.4 is 5.32 Å². The van der Waals surface area contributed by atoms with E-state index in [4.69, 9.17) is 0 Å². The van der Waals surface area contributed by atoms with Crippen molar-refractivity contribution >= 4 is 23.3 Å². The van der Waals surface area contributed by atoms with Crippen LogP contribution in [0.3, 0.4) is 0 Å². The van der Waals surface area contributed by atoms with Crippen molar-refractivity contribution in [3.63, 3.8) is 0 Å². The Kier molecular flexibility index (Phi) is 4.30. The molecule has 3 amide bonds. The number of anilines is 1. The molecule has 1 aliphatic carbocycles. The Hall–Kier alpha value is -3.22. The lowest BCUT2D eigenvalue weighted by atomic mass is 9.93. The van der Waals surface area contributed by atoms with E-state index in [9.17, 15) is 9.59 Å². The van der Waals surface area contributed by atoms with E-state index in [0.717, 1.165) is 41.1 Å². The molecular weight excluding hydrogens is 366 g/mol. The molecule has 2 aliphatic heterocycles. The maximum atomic E-state index is 12.6. The average Bonchev–Trinajstić information content (AvgIpc) is 3.46. The first kappa shape index (κ1) is 17.8. The van der Waals surface area contributed by atoms with Crippen molar-refractivity contribution in [1.29, 1.82) is 0 Å². The highest BCUT2D eigenvalue weighted by atomic mass is 16.2. The average molecular weight is 389 g/mol. The second kappa shape index (κ2) is 6.99. The maximum Gasteiger partial charge on any atom is 0.322 e. The van der Waals surface area contributed by atoms with Crippen LogP contribution in [0.25, 0.3) is 0 Å². The molecule has 0 radical (unpaired) electrons. The number of rotatable bonds is 3. The van der Waals surface area contributed by atoms with Gasteiger partial charge in [-0.25, -0.2) is 9.80 Å². The summed E-state index contributed by atoms with van der Waals surface area (Å²) >= 11 is 0. The first-order chi connectivity index (χ1) is 14.1. The van der Waals surface area contributed by atoms with E-state index in [-0.39, 0.29) is 23.9 Å². The molecule has 3 aliphatic rings. The maximum absolute atomic E-state index is 12.6. The van der Waals surface area contributed by atoms with Crippen LogP contribution in [0.4, 0.5) is 10.5 Å². The zero-order valence-electron chi connectivity index (χ0n) is 16.3. The lowest BCUT2D eigenvalue weighted by Gasteiger charge is -2.27. The van der Waals surface area contributed by atoms with Gasteiger partial charge in [0, 0.05) is 30.8 Å². The molecule has 0 saturated heterocycles. The van der Waals surface area contributed by atoms with E-state index in [1.54, 1.807) is 16.1 Å². The van der Waals surface area contributed by atoms with Gasteiger partial charge in [-0.05, 0) is 42.2 Å². The number of urea groups is 1. The van der Waals surface area contributed by atoms with Crippen molar-refractivity contribution in [2.75, 3.05) is 5.32 Å². The molecule has 5 rings (SSSR count). The number of aromatic nitrogens is 1. The van der Waals surface area contributed by atoms with Crippen LogP contribution in [-0.2, 0) is 17.9 Å². The third-order valence-corrected chi connectivity index (χ3v) is 5.72. The standard InChI is InChI=1S/C22H23N5O2/c1-14-11-20(28)27(18-8-9-18)25-21(14)15-4-6-17(7-5-15)24-22(29)26-12-16-3-2-10-23-19(16)13-26/h2-7,10,14,18H,8-9,11-13H2,1H3,(H,24,29). The Morgan fingerprint density at radius 2 is 1.93 bits per heavy atom. The molecule has 1 aromatic carbocycles. The molecule has 1 saturated carbocycles. The van der Waals surface area contributed by atoms with Gasteiger partial charge in [0.25, 0.3) is 0 Å². The number of amides is 3. The summed E-state index contributed by atoms with van der Waals surface area (Å²) in [6.07, 6.45) is 4.33. The van der Waals surface area contributed by atoms with Gasteiger partial charge < -0.3 is 10.2 Å². The minimum absolute atomic E-state index is 0.0912. The van der Waals surface area contributed by atoms with Gasteiger partial charge in [0.1, 0.15) is 0 Å². The topological polar surface area (TPSA) is 77.9 Å². The van der Waals surface area contributed by atoms with E-state index in [2.05, 4.69) is 15.4 Å². The minimum atomic E-state index is -0.135. The summed E-state index contributed by atoms with van der Waals surface area (Å²) in [4.78, 5) is 30.9. The van der Waals surface area contributed by atoms with Crippen LogP contribution in [0, 0.1) is 5.92 Å². The third kappa shape index (κ3) is 3.48. The molecule has 1 atom stereocenters. The fourth-order valence-corrected chi connectivity index (χ4v) is 3.94. The molecule has 0 spiro atoms. The van der Waals surface area contributed by atoms with E-state index in [1.165, 1.54) is 0 Å². The van der Waals surface area contributed by atoms with Gasteiger partial charge in [-0.2, -0.15) is 5.10 Å². The molecule has 0 bridgehead atoms. The second-order valence-electron chi connectivity index (χ2n) is 8.03. The van der Waals surface area contributed by atoms with E-state index in [0.29, 0.717) is 19.5 Å². The molecule has 1 N–H and O–H groups in total. The van der Waals surface area contributed by atoms with Crippen molar-refractivity contribution in [1.82, 2.24) is 14.9 Å². The lowest BCUT2D eigenvalue weighted by molar-refractivity contribution is -0.133. The number of hydrogen-bond acceptors (Lipinski definition) is 4. The number of nitrogens with one attached hydrogen (secondary N) is 1. The number of hydrazone groups is 1. The fraction of sp³-hybridized carbons (Fsp3) is 0.364. The monoisotopic (exact) mass is 389 g/mol. The highest BCUT2D eigenvalue weighted by Crippen LogP contribution is 2.32. The highest BCUT2D eigenvalue weighted by molar-refractivity contribution is 6.06. The summed E-state index contributed by atoms with van der Waals surface area (Å²) in [5.74, 6) is 0.210. The summed E-state index contributed by atoms with van der Waals surface area (Å²) in [7, 11) is 0. The predicted molar refractivity (Wildman–Crippen MR) is 109 cm³/mol. The Morgan fingerprint density at radius 1 is 1.14 bits per heavy atom. The first-order valence-corrected chi connectivity index (χ1v) is 10.1. The third-order valence-electron chi connectivity index (χ3n) is 5.72. The SMILES string of the molecule is CC1CC(=O)N(C2CC2)N=C1c1ccc(NC(=O)N2Cc3cccnc3C2)cc1. The van der Waals surface area contributed by atoms with E-state index >= 15 is 0 Å². The summed E-state index contributed by atoms with van der Waals surface area (Å²) in [6, 6.07) is 11.8. The van der Waals surface area contributed by atoms with Crippen LogP contribution in [0.5, 0.6) is 0 Å². The molecule has 7 nitrogen and oxygen atoms in total. The van der Waals surface area contributed by atoms with Gasteiger partial charge in [-0.3, -0.25) is 9.78 Å². The lowest BCUT2D eigenvalue weighted by Crippen LogP contribution is -2.37. The van der Waals surface area contributed by atoms with Crippen LogP contribution in [-0.4, -0.2) is 38.6 Å². The van der Waals surface area contributed by atoms with Gasteiger partial charge in [0.05, 0.1) is 24.0 Å². The van der Waals surface area contributed by atoms with Crippen molar-refractivity contribution in [3.05, 3.63) is 59.4 Å². The Labute approximate surface area is 169 Å². The van der Waals surface area contributed by atoms with Crippen LogP contribution >= 0.6 is 0 Å². The number of pyridine rings is 1. The molecule has 2 aromatic rings. The molecular formula is C22H23N5O2. The second-order valence-corrected chi connectivity index (χ2v) is 8.03. The van der Waals surface area contributed by atoms with Crippen LogP contribution in [0.1, 0.15) is 43.0 Å². The molecule has 1 fully saturated rings. The van der Waals surface area contributed by atoms with E-state index < -0.39 is 0 Å². The summed E-state index contributed by atoms with van der Waals surface area (Å²) in [6.45, 7) is 3.14. The Balaban J connectivity index is 1.28. The molecule has 3 heterocycles. The van der Waals surface area contributed by atoms with Crippen molar-refractivity contribution in [2.45, 2.75) is 45.3 Å². The summed E-state index contributed by atoms with van der Waals surface area (Å²) in [5, 5.41) is 9.28. The van der Waals surface area contributed by atoms with Gasteiger partial charge in [0.2, 0.25) is 5.91 Å². The number of hydrogen-bond donors (Lipinski definition) is 1. The number of nitrogens with zero attached hydrogens (tertiary/aromatic N) is 4. The fourth-order valence-electron chi connectivity index (χ4n) is 3.94. The van der Waals surface area contributed by atoms with Gasteiger partial charge in [-0.15, -0.1) is 0 Å². The zero-order valence-corrected chi connectivity index (χ0v) is 16.3. The smallest absolute Gasteiger partial charge is 0.314 e. The molecule has 148 valence electrons. The number of fused-ring (bicyclic) bond motifs is 1. The molecule has 29 heavy (non-hydrogen) atoms. The number of benzene rings is 1. The van der Waals surface area contributed by atoms with Crippen LogP contribution in [0.2, 0.25) is 0 Å². The largest absolute Gasteiger partial charge is 0.322 e. The van der Waals surface area contributed by atoms with Gasteiger partial charge in [-0.1, -0.05) is 25.1 Å². The zero-order chi connectivity index (χ0) is 20.0. The van der Waals surface area contributed by atoms with Gasteiger partial charge >= 0.3 is 6.03 Å². The summed E-state index contributed by atoms with van der Waals surface area (Å²) in [5.41, 5.74) is 4.72. The predicted octanol–water partition coefficient (Wildman–Crippen LogP) is 3.36. The summed E-state index contributed by atoms with van der Waals surface area (Å²) < 4.78 is 0. The molecule has 1 aromatic heterocycles.